The monoisotopic (exact) mass is 600 g/mol. The van der Waals surface area contributed by atoms with E-state index >= 15 is 0 Å². The van der Waals surface area contributed by atoms with Gasteiger partial charge < -0.3 is 20.5 Å². The van der Waals surface area contributed by atoms with Gasteiger partial charge in [0.2, 0.25) is 11.7 Å². The van der Waals surface area contributed by atoms with E-state index in [0.717, 1.165) is 30.2 Å². The zero-order chi connectivity index (χ0) is 28.0. The van der Waals surface area contributed by atoms with E-state index in [9.17, 15) is 32.3 Å². The standard InChI is InChI=1S/C16H23N7O12P2S/c1-21-8-23(13-10(21)14(25)20-16(17)19-13)15-11(24)12(34-38(3,29)30)9(33-15)6-32-37(27,28)35-36(26,31-2)22-5-4-18-7-22/h4-5,7-9,11-12,15,24H,6H2,1-3H3,(H3-,17,19,20,25,27,28)/p+1/t9-,11-,12-,15-,36?/m1/s1. The lowest BCUT2D eigenvalue weighted by molar-refractivity contribution is -0.745. The van der Waals surface area contributed by atoms with E-state index < -0.39 is 62.4 Å². The lowest BCUT2D eigenvalue weighted by Gasteiger charge is -2.22. The molecule has 1 aliphatic heterocycles. The summed E-state index contributed by atoms with van der Waals surface area (Å²) < 4.78 is 77.7. The number of hydrogen-bond donors (Lipinski definition) is 4. The van der Waals surface area contributed by atoms with Crippen LogP contribution in [0.25, 0.3) is 11.2 Å². The molecule has 1 fully saturated rings. The molecule has 210 valence electrons. The average molecular weight is 600 g/mol. The van der Waals surface area contributed by atoms with Gasteiger partial charge in [-0.1, -0.05) is 4.98 Å². The summed E-state index contributed by atoms with van der Waals surface area (Å²) in [5, 5.41) is 10.9. The minimum atomic E-state index is -5.15. The van der Waals surface area contributed by atoms with Crippen molar-refractivity contribution in [1.82, 2.24) is 23.9 Å². The SMILES string of the molecule is COP(=O)(OP(=O)(O)OC[C@H]1O[C@@H]([n+]2cn(C)c3c(=O)[nH]c(N)nc32)[C@H](O)[C@@H]1OS(C)(=O)=O)n1ccnc1. The van der Waals surface area contributed by atoms with E-state index in [1.54, 1.807) is 0 Å². The molecule has 5 N–H and O–H groups in total. The van der Waals surface area contributed by atoms with Crippen LogP contribution in [0.5, 0.6) is 0 Å². The van der Waals surface area contributed by atoms with Crippen LogP contribution in [0.2, 0.25) is 0 Å². The number of rotatable bonds is 10. The predicted octanol–water partition coefficient (Wildman–Crippen LogP) is -1.63. The van der Waals surface area contributed by atoms with E-state index in [0.29, 0.717) is 0 Å². The molecule has 1 aliphatic rings. The maximum atomic E-state index is 12.8. The minimum absolute atomic E-state index is 0.0185. The number of nitrogens with two attached hydrogens (primary N) is 1. The molecule has 4 rings (SSSR count). The van der Waals surface area contributed by atoms with Gasteiger partial charge in [0.15, 0.2) is 6.33 Å². The van der Waals surface area contributed by atoms with Crippen molar-refractivity contribution in [1.29, 1.82) is 0 Å². The Morgan fingerprint density at radius 1 is 1.37 bits per heavy atom. The van der Waals surface area contributed by atoms with Gasteiger partial charge in [-0.25, -0.2) is 23.0 Å². The van der Waals surface area contributed by atoms with Crippen LogP contribution in [0.1, 0.15) is 6.23 Å². The molecule has 2 unspecified atom stereocenters. The molecular formula is C16H24N7O12P2S+. The Hall–Kier alpha value is -2.51. The first-order valence-electron chi connectivity index (χ1n) is 10.4. The molecule has 0 radical (unpaired) electrons. The number of nitrogens with zero attached hydrogens (tertiary/aromatic N) is 5. The van der Waals surface area contributed by atoms with E-state index in [1.807, 2.05) is 0 Å². The molecule has 0 saturated carbocycles. The Morgan fingerprint density at radius 2 is 2.08 bits per heavy atom. The van der Waals surface area contributed by atoms with Crippen LogP contribution in [-0.2, 0) is 48.6 Å². The van der Waals surface area contributed by atoms with Crippen molar-refractivity contribution < 1.29 is 54.4 Å². The number of phosphoric acid groups is 1. The Labute approximate surface area is 214 Å². The van der Waals surface area contributed by atoms with Gasteiger partial charge in [-0.15, -0.1) is 0 Å². The van der Waals surface area contributed by atoms with Crippen molar-refractivity contribution in [3.63, 3.8) is 0 Å². The van der Waals surface area contributed by atoms with Gasteiger partial charge in [-0.2, -0.15) is 12.7 Å². The molecular weight excluding hydrogens is 576 g/mol. The largest absolute Gasteiger partial charge is 0.480 e. The Balaban J connectivity index is 1.61. The summed E-state index contributed by atoms with van der Waals surface area (Å²) in [5.74, 6) is -0.238. The van der Waals surface area contributed by atoms with Crippen LogP contribution < -0.4 is 15.9 Å². The quantitative estimate of drug-likeness (QED) is 0.116. The first-order valence-corrected chi connectivity index (χ1v) is 15.3. The smallest absolute Gasteiger partial charge is 0.384 e. The number of aromatic nitrogens is 6. The van der Waals surface area contributed by atoms with Gasteiger partial charge in [0.05, 0.1) is 19.9 Å². The molecule has 0 spiro atoms. The second-order valence-electron chi connectivity index (χ2n) is 8.02. The Morgan fingerprint density at radius 3 is 2.68 bits per heavy atom. The van der Waals surface area contributed by atoms with Crippen molar-refractivity contribution in [2.24, 2.45) is 7.05 Å². The minimum Gasteiger partial charge on any atom is -0.384 e. The van der Waals surface area contributed by atoms with Crippen molar-refractivity contribution in [3.05, 3.63) is 35.4 Å². The lowest BCUT2D eigenvalue weighted by Crippen LogP contribution is -2.46. The summed E-state index contributed by atoms with van der Waals surface area (Å²) in [6.07, 6.45) is -0.817. The third kappa shape index (κ3) is 5.74. The Kier molecular flexibility index (Phi) is 7.67. The van der Waals surface area contributed by atoms with Gasteiger partial charge >= 0.3 is 21.2 Å². The maximum Gasteiger partial charge on any atom is 0.480 e. The van der Waals surface area contributed by atoms with E-state index in [-0.39, 0.29) is 17.1 Å². The van der Waals surface area contributed by atoms with E-state index in [2.05, 4.69) is 15.0 Å². The number of aromatic amines is 1. The van der Waals surface area contributed by atoms with E-state index in [4.69, 9.17) is 28.0 Å². The molecule has 6 atom stereocenters. The van der Waals surface area contributed by atoms with Crippen molar-refractivity contribution >= 4 is 42.8 Å². The fourth-order valence-corrected chi connectivity index (χ4v) is 7.16. The number of anilines is 1. The summed E-state index contributed by atoms with van der Waals surface area (Å²) in [6.45, 7) is -0.878. The molecule has 38 heavy (non-hydrogen) atoms. The highest BCUT2D eigenvalue weighted by Crippen LogP contribution is 2.63. The summed E-state index contributed by atoms with van der Waals surface area (Å²) in [7, 11) is -11.3. The van der Waals surface area contributed by atoms with Crippen LogP contribution in [0.15, 0.2) is 29.8 Å². The molecule has 4 heterocycles. The summed E-state index contributed by atoms with van der Waals surface area (Å²) in [5.41, 5.74) is 5.08. The number of aliphatic hydroxyl groups excluding tert-OH is 1. The summed E-state index contributed by atoms with van der Waals surface area (Å²) in [6, 6.07) is 0. The highest BCUT2D eigenvalue weighted by Gasteiger charge is 2.51. The zero-order valence-corrected chi connectivity index (χ0v) is 22.5. The lowest BCUT2D eigenvalue weighted by atomic mass is 10.1. The average Bonchev–Trinajstić information content (AvgIpc) is 3.51. The first-order chi connectivity index (χ1) is 17.6. The third-order valence-corrected chi connectivity index (χ3v) is 9.23. The van der Waals surface area contributed by atoms with Gasteiger partial charge in [0.25, 0.3) is 21.6 Å². The summed E-state index contributed by atoms with van der Waals surface area (Å²) in [4.78, 5) is 32.6. The van der Waals surface area contributed by atoms with Gasteiger partial charge in [0.1, 0.15) is 24.6 Å². The third-order valence-electron chi connectivity index (χ3n) is 5.27. The number of nitrogen functional groups attached to an aromatic ring is 1. The fourth-order valence-electron chi connectivity index (χ4n) is 3.75. The molecule has 19 nitrogen and oxygen atoms in total. The number of hydrogen-bond acceptors (Lipinski definition) is 14. The second kappa shape index (κ2) is 10.2. The van der Waals surface area contributed by atoms with Crippen LogP contribution in [0, 0.1) is 0 Å². The Bertz CT molecular complexity index is 1590. The predicted molar refractivity (Wildman–Crippen MR) is 125 cm³/mol. The number of H-pyrrole nitrogens is 1. The number of phosphoric ester groups is 1. The van der Waals surface area contributed by atoms with Gasteiger partial charge in [0, 0.05) is 19.5 Å². The number of imidazole rings is 2. The molecule has 0 bridgehead atoms. The second-order valence-corrected chi connectivity index (χ2v) is 13.2. The van der Waals surface area contributed by atoms with Gasteiger partial charge in [-0.05, 0) is 0 Å². The number of aryl methyl sites for hydroxylation is 1. The van der Waals surface area contributed by atoms with Crippen LogP contribution in [-0.4, -0.2) is 80.6 Å². The molecule has 1 saturated heterocycles. The van der Waals surface area contributed by atoms with Gasteiger partial charge in [-0.3, -0.25) is 27.6 Å². The number of fused-ring (bicyclic) bond motifs is 1. The highest BCUT2D eigenvalue weighted by atomic mass is 32.2. The first kappa shape index (κ1) is 28.5. The van der Waals surface area contributed by atoms with Crippen molar-refractivity contribution in [2.45, 2.75) is 24.5 Å². The summed E-state index contributed by atoms with van der Waals surface area (Å²) >= 11 is 0. The number of ether oxygens (including phenoxy) is 1. The zero-order valence-electron chi connectivity index (χ0n) is 19.9. The molecule has 0 aromatic carbocycles. The van der Waals surface area contributed by atoms with Crippen molar-refractivity contribution in [3.8, 4) is 0 Å². The molecule has 0 aliphatic carbocycles. The molecule has 3 aromatic heterocycles. The van der Waals surface area contributed by atoms with Crippen molar-refractivity contribution in [2.75, 3.05) is 25.7 Å². The number of aliphatic hydroxyl groups is 1. The van der Waals surface area contributed by atoms with E-state index in [1.165, 1.54) is 28.7 Å². The fraction of sp³-hybridized carbons (Fsp3) is 0.500. The molecule has 3 aromatic rings. The maximum absolute atomic E-state index is 12.8. The molecule has 22 heteroatoms. The highest BCUT2D eigenvalue weighted by molar-refractivity contribution is 7.86. The van der Waals surface area contributed by atoms with Crippen LogP contribution in [0.3, 0.4) is 0 Å². The van der Waals surface area contributed by atoms with Crippen LogP contribution >= 0.6 is 15.6 Å². The number of nitrogens with one attached hydrogen (secondary N) is 1. The molecule has 0 amide bonds. The van der Waals surface area contributed by atoms with Crippen LogP contribution in [0.4, 0.5) is 5.95 Å². The topological polar surface area (TPSA) is 253 Å². The normalized spacial score (nSPS) is 25.4.